The molecule has 0 bridgehead atoms. The molecule has 0 spiro atoms. The highest BCUT2D eigenvalue weighted by Gasteiger charge is 2.38. The van der Waals surface area contributed by atoms with Crippen LogP contribution in [0.4, 0.5) is 26.3 Å². The third kappa shape index (κ3) is 2.95. The van der Waals surface area contributed by atoms with Crippen molar-refractivity contribution in [3.05, 3.63) is 59.7 Å². The second-order valence-electron chi connectivity index (χ2n) is 4.12. The summed E-state index contributed by atoms with van der Waals surface area (Å²) in [6, 6.07) is 9.12. The van der Waals surface area contributed by atoms with Gasteiger partial charge >= 0.3 is 12.4 Å². The lowest BCUT2D eigenvalue weighted by Gasteiger charge is -2.16. The van der Waals surface area contributed by atoms with Gasteiger partial charge in [0.1, 0.15) is 0 Å². The van der Waals surface area contributed by atoms with E-state index in [1.165, 1.54) is 24.3 Å². The number of rotatable bonds is 1. The maximum Gasteiger partial charge on any atom is 0.417 e. The van der Waals surface area contributed by atoms with E-state index in [1.54, 1.807) is 6.07 Å². The van der Waals surface area contributed by atoms with Crippen molar-refractivity contribution >= 4 is 0 Å². The van der Waals surface area contributed by atoms with Crippen molar-refractivity contribution < 1.29 is 26.3 Å². The molecule has 0 fully saturated rings. The second-order valence-corrected chi connectivity index (χ2v) is 4.12. The van der Waals surface area contributed by atoms with E-state index in [-0.39, 0.29) is 17.2 Å². The molecule has 106 valence electrons. The average Bonchev–Trinajstić information content (AvgIpc) is 2.37. The highest BCUT2D eigenvalue weighted by molar-refractivity contribution is 5.68. The summed E-state index contributed by atoms with van der Waals surface area (Å²) in [6.45, 7) is 0. The zero-order valence-corrected chi connectivity index (χ0v) is 9.89. The van der Waals surface area contributed by atoms with E-state index < -0.39 is 23.5 Å². The number of halogens is 6. The van der Waals surface area contributed by atoms with Gasteiger partial charge in [-0.3, -0.25) is 0 Å². The van der Waals surface area contributed by atoms with Gasteiger partial charge in [0, 0.05) is 0 Å². The third-order valence-electron chi connectivity index (χ3n) is 2.74. The molecule has 20 heavy (non-hydrogen) atoms. The van der Waals surface area contributed by atoms with Gasteiger partial charge in [0.2, 0.25) is 0 Å². The van der Waals surface area contributed by atoms with Gasteiger partial charge in [0.15, 0.2) is 0 Å². The molecule has 0 saturated heterocycles. The number of hydrogen-bond acceptors (Lipinski definition) is 0. The van der Waals surface area contributed by atoms with E-state index in [1.807, 2.05) is 0 Å². The van der Waals surface area contributed by atoms with Crippen molar-refractivity contribution in [2.75, 3.05) is 0 Å². The molecule has 0 aromatic heterocycles. The third-order valence-corrected chi connectivity index (χ3v) is 2.74. The molecular weight excluding hydrogens is 282 g/mol. The normalized spacial score (nSPS) is 12.5. The summed E-state index contributed by atoms with van der Waals surface area (Å²) < 4.78 is 76.4. The Bertz CT molecular complexity index is 595. The Morgan fingerprint density at radius 1 is 0.650 bits per heavy atom. The van der Waals surface area contributed by atoms with Crippen molar-refractivity contribution in [3.63, 3.8) is 0 Å². The standard InChI is InChI=1S/C14H8F6/c15-13(16,17)10-6-7-11(9-4-2-1-3-5-9)12(8-10)14(18,19)20/h1-8H. The molecule has 0 unspecified atom stereocenters. The van der Waals surface area contributed by atoms with Crippen LogP contribution in [0.3, 0.4) is 0 Å². The first kappa shape index (κ1) is 14.4. The lowest BCUT2D eigenvalue weighted by atomic mass is 9.97. The molecule has 0 N–H and O–H groups in total. The van der Waals surface area contributed by atoms with Crippen molar-refractivity contribution in [1.29, 1.82) is 0 Å². The average molecular weight is 290 g/mol. The van der Waals surface area contributed by atoms with Crippen LogP contribution in [0.2, 0.25) is 0 Å². The topological polar surface area (TPSA) is 0 Å². The van der Waals surface area contributed by atoms with E-state index >= 15 is 0 Å². The first-order chi connectivity index (χ1) is 9.19. The summed E-state index contributed by atoms with van der Waals surface area (Å²) in [5.41, 5.74) is -2.66. The van der Waals surface area contributed by atoms with Crippen molar-refractivity contribution in [2.45, 2.75) is 12.4 Å². The van der Waals surface area contributed by atoms with Gasteiger partial charge in [-0.2, -0.15) is 26.3 Å². The summed E-state index contributed by atoms with van der Waals surface area (Å²) in [7, 11) is 0. The fourth-order valence-corrected chi connectivity index (χ4v) is 1.82. The number of benzene rings is 2. The van der Waals surface area contributed by atoms with Crippen molar-refractivity contribution in [3.8, 4) is 11.1 Å². The molecule has 2 aromatic carbocycles. The summed E-state index contributed by atoms with van der Waals surface area (Å²) in [4.78, 5) is 0. The van der Waals surface area contributed by atoms with E-state index in [0.717, 1.165) is 6.07 Å². The molecule has 6 heteroatoms. The molecule has 2 rings (SSSR count). The highest BCUT2D eigenvalue weighted by atomic mass is 19.4. The monoisotopic (exact) mass is 290 g/mol. The summed E-state index contributed by atoms with van der Waals surface area (Å²) in [5.74, 6) is 0. The molecule has 0 aliphatic heterocycles. The number of hydrogen-bond donors (Lipinski definition) is 0. The SMILES string of the molecule is FC(F)(F)c1ccc(-c2ccccc2)c(C(F)(F)F)c1. The fourth-order valence-electron chi connectivity index (χ4n) is 1.82. The Morgan fingerprint density at radius 2 is 1.25 bits per heavy atom. The first-order valence-electron chi connectivity index (χ1n) is 5.53. The predicted molar refractivity (Wildman–Crippen MR) is 61.9 cm³/mol. The Kier molecular flexibility index (Phi) is 3.50. The van der Waals surface area contributed by atoms with Gasteiger partial charge in [0.05, 0.1) is 11.1 Å². The largest absolute Gasteiger partial charge is 0.417 e. The van der Waals surface area contributed by atoms with Crippen molar-refractivity contribution in [1.82, 2.24) is 0 Å². The van der Waals surface area contributed by atoms with Crippen LogP contribution in [-0.4, -0.2) is 0 Å². The van der Waals surface area contributed by atoms with Crippen LogP contribution in [0.1, 0.15) is 11.1 Å². The lowest BCUT2D eigenvalue weighted by Crippen LogP contribution is -2.12. The van der Waals surface area contributed by atoms with Crippen LogP contribution in [-0.2, 0) is 12.4 Å². The molecular formula is C14H8F6. The minimum Gasteiger partial charge on any atom is -0.166 e. The molecule has 2 aromatic rings. The van der Waals surface area contributed by atoms with Crippen LogP contribution < -0.4 is 0 Å². The maximum atomic E-state index is 12.9. The fraction of sp³-hybridized carbons (Fsp3) is 0.143. The molecule has 0 aliphatic carbocycles. The van der Waals surface area contributed by atoms with Gasteiger partial charge in [0.25, 0.3) is 0 Å². The molecule has 0 atom stereocenters. The second kappa shape index (κ2) is 4.85. The van der Waals surface area contributed by atoms with Gasteiger partial charge in [-0.1, -0.05) is 36.4 Å². The first-order valence-corrected chi connectivity index (χ1v) is 5.53. The van der Waals surface area contributed by atoms with Gasteiger partial charge < -0.3 is 0 Å². The zero-order valence-electron chi connectivity index (χ0n) is 9.89. The lowest BCUT2D eigenvalue weighted by molar-refractivity contribution is -0.142. The predicted octanol–water partition coefficient (Wildman–Crippen LogP) is 5.39. The molecule has 0 radical (unpaired) electrons. The van der Waals surface area contributed by atoms with Gasteiger partial charge in [-0.05, 0) is 23.3 Å². The molecule has 0 amide bonds. The molecule has 0 aliphatic rings. The molecule has 0 saturated carbocycles. The minimum atomic E-state index is -4.85. The Morgan fingerprint density at radius 3 is 1.75 bits per heavy atom. The van der Waals surface area contributed by atoms with E-state index in [4.69, 9.17) is 0 Å². The highest BCUT2D eigenvalue weighted by Crippen LogP contribution is 2.40. The molecule has 0 heterocycles. The Hall–Kier alpha value is -1.98. The molecule has 0 nitrogen and oxygen atoms in total. The van der Waals surface area contributed by atoms with E-state index in [9.17, 15) is 26.3 Å². The van der Waals surface area contributed by atoms with Crippen LogP contribution >= 0.6 is 0 Å². The van der Waals surface area contributed by atoms with Crippen LogP contribution in [0.15, 0.2) is 48.5 Å². The smallest absolute Gasteiger partial charge is 0.166 e. The Balaban J connectivity index is 2.65. The summed E-state index contributed by atoms with van der Waals surface area (Å²) in [5, 5.41) is 0. The maximum absolute atomic E-state index is 12.9. The number of alkyl halides is 6. The van der Waals surface area contributed by atoms with Crippen molar-refractivity contribution in [2.24, 2.45) is 0 Å². The van der Waals surface area contributed by atoms with E-state index in [2.05, 4.69) is 0 Å². The van der Waals surface area contributed by atoms with Gasteiger partial charge in [-0.15, -0.1) is 0 Å². The Labute approximate surface area is 110 Å². The van der Waals surface area contributed by atoms with Crippen LogP contribution in [0, 0.1) is 0 Å². The van der Waals surface area contributed by atoms with Crippen LogP contribution in [0.5, 0.6) is 0 Å². The zero-order chi connectivity index (χ0) is 15.0. The van der Waals surface area contributed by atoms with E-state index in [0.29, 0.717) is 6.07 Å². The summed E-state index contributed by atoms with van der Waals surface area (Å²) >= 11 is 0. The van der Waals surface area contributed by atoms with Gasteiger partial charge in [-0.25, -0.2) is 0 Å². The van der Waals surface area contributed by atoms with Crippen LogP contribution in [0.25, 0.3) is 11.1 Å². The minimum absolute atomic E-state index is 0.141. The quantitative estimate of drug-likeness (QED) is 0.618. The summed E-state index contributed by atoms with van der Waals surface area (Å²) in [6.07, 6.45) is -9.67.